The van der Waals surface area contributed by atoms with E-state index in [2.05, 4.69) is 5.32 Å². The van der Waals surface area contributed by atoms with Gasteiger partial charge < -0.3 is 20.1 Å². The fourth-order valence-electron chi connectivity index (χ4n) is 2.73. The lowest BCUT2D eigenvalue weighted by Gasteiger charge is -2.38. The van der Waals surface area contributed by atoms with Gasteiger partial charge in [0, 0.05) is 19.7 Å². The third-order valence-electron chi connectivity index (χ3n) is 3.90. The van der Waals surface area contributed by atoms with Crippen LogP contribution in [0.2, 0.25) is 0 Å². The second-order valence-electron chi connectivity index (χ2n) is 5.77. The minimum Gasteiger partial charge on any atom is -0.481 e. The number of amides is 2. The Bertz CT molecular complexity index is 353. The molecule has 6 nitrogen and oxygen atoms in total. The van der Waals surface area contributed by atoms with Crippen LogP contribution in [0, 0.1) is 5.92 Å². The number of piperidine rings is 1. The largest absolute Gasteiger partial charge is 0.481 e. The third-order valence-corrected chi connectivity index (χ3v) is 3.90. The van der Waals surface area contributed by atoms with Crippen molar-refractivity contribution in [1.29, 1.82) is 0 Å². The van der Waals surface area contributed by atoms with Crippen molar-refractivity contribution in [2.75, 3.05) is 26.3 Å². The predicted octanol–water partition coefficient (Wildman–Crippen LogP) is 1.06. The molecule has 0 bridgehead atoms. The molecule has 0 aromatic carbocycles. The molecule has 19 heavy (non-hydrogen) atoms. The van der Waals surface area contributed by atoms with E-state index in [1.54, 1.807) is 4.90 Å². The average molecular weight is 270 g/mol. The fraction of sp³-hybridized carbons (Fsp3) is 0.846. The SMILES string of the molecule is CC1(NC(=O)N2CCC[C@@H](C(=O)O)C2)CCCOC1. The molecule has 2 aliphatic heterocycles. The monoisotopic (exact) mass is 270 g/mol. The lowest BCUT2D eigenvalue weighted by atomic mass is 9.94. The van der Waals surface area contributed by atoms with Gasteiger partial charge in [-0.25, -0.2) is 4.79 Å². The zero-order valence-corrected chi connectivity index (χ0v) is 11.4. The number of hydrogen-bond acceptors (Lipinski definition) is 3. The molecule has 0 radical (unpaired) electrons. The molecule has 0 saturated carbocycles. The van der Waals surface area contributed by atoms with E-state index >= 15 is 0 Å². The summed E-state index contributed by atoms with van der Waals surface area (Å²) in [7, 11) is 0. The number of rotatable bonds is 2. The Hall–Kier alpha value is -1.30. The number of urea groups is 1. The van der Waals surface area contributed by atoms with E-state index < -0.39 is 11.9 Å². The normalized spacial score (nSPS) is 31.8. The lowest BCUT2D eigenvalue weighted by Crippen LogP contribution is -2.57. The lowest BCUT2D eigenvalue weighted by molar-refractivity contribution is -0.143. The van der Waals surface area contributed by atoms with Crippen LogP contribution in [-0.2, 0) is 9.53 Å². The number of aliphatic carboxylic acids is 1. The van der Waals surface area contributed by atoms with Crippen LogP contribution in [-0.4, -0.2) is 53.8 Å². The van der Waals surface area contributed by atoms with Crippen molar-refractivity contribution in [2.45, 2.75) is 38.1 Å². The summed E-state index contributed by atoms with van der Waals surface area (Å²) in [6, 6.07) is -0.168. The Kier molecular flexibility index (Phi) is 4.29. The molecule has 2 N–H and O–H groups in total. The molecule has 0 aromatic heterocycles. The number of nitrogens with one attached hydrogen (secondary N) is 1. The molecule has 2 heterocycles. The van der Waals surface area contributed by atoms with E-state index in [1.165, 1.54) is 0 Å². The highest BCUT2D eigenvalue weighted by Gasteiger charge is 2.33. The molecule has 2 amide bonds. The van der Waals surface area contributed by atoms with Gasteiger partial charge in [0.25, 0.3) is 0 Å². The Labute approximate surface area is 113 Å². The quantitative estimate of drug-likeness (QED) is 0.786. The highest BCUT2D eigenvalue weighted by molar-refractivity contribution is 5.77. The fourth-order valence-corrected chi connectivity index (χ4v) is 2.73. The van der Waals surface area contributed by atoms with E-state index in [1.807, 2.05) is 6.92 Å². The van der Waals surface area contributed by atoms with Crippen molar-refractivity contribution in [3.05, 3.63) is 0 Å². The summed E-state index contributed by atoms with van der Waals surface area (Å²) in [5.41, 5.74) is -0.328. The van der Waals surface area contributed by atoms with Crippen LogP contribution in [0.5, 0.6) is 0 Å². The maximum atomic E-state index is 12.2. The number of ether oxygens (including phenoxy) is 1. The minimum absolute atomic E-state index is 0.168. The van der Waals surface area contributed by atoms with E-state index in [-0.39, 0.29) is 11.6 Å². The number of likely N-dealkylation sites (tertiary alicyclic amines) is 1. The molecule has 2 saturated heterocycles. The molecule has 2 atom stereocenters. The van der Waals surface area contributed by atoms with Crippen molar-refractivity contribution < 1.29 is 19.4 Å². The number of hydrogen-bond donors (Lipinski definition) is 2. The first kappa shape index (κ1) is 14.1. The first-order chi connectivity index (χ1) is 9.00. The van der Waals surface area contributed by atoms with Crippen molar-refractivity contribution in [2.24, 2.45) is 5.92 Å². The van der Waals surface area contributed by atoms with Crippen LogP contribution in [0.4, 0.5) is 4.79 Å². The molecule has 2 rings (SSSR count). The third kappa shape index (κ3) is 3.59. The molecule has 6 heteroatoms. The Morgan fingerprint density at radius 3 is 2.84 bits per heavy atom. The molecule has 0 aromatic rings. The van der Waals surface area contributed by atoms with Gasteiger partial charge in [-0.1, -0.05) is 0 Å². The zero-order chi connectivity index (χ0) is 13.9. The summed E-state index contributed by atoms with van der Waals surface area (Å²) in [6.07, 6.45) is 3.24. The summed E-state index contributed by atoms with van der Waals surface area (Å²) in [6.45, 7) is 4.18. The van der Waals surface area contributed by atoms with E-state index in [4.69, 9.17) is 9.84 Å². The van der Waals surface area contributed by atoms with Crippen molar-refractivity contribution >= 4 is 12.0 Å². The van der Waals surface area contributed by atoms with Crippen LogP contribution >= 0.6 is 0 Å². The second kappa shape index (κ2) is 5.77. The molecule has 108 valence electrons. The van der Waals surface area contributed by atoms with Gasteiger partial charge >= 0.3 is 12.0 Å². The average Bonchev–Trinajstić information content (AvgIpc) is 2.39. The van der Waals surface area contributed by atoms with Crippen LogP contribution in [0.15, 0.2) is 0 Å². The first-order valence-electron chi connectivity index (χ1n) is 6.88. The highest BCUT2D eigenvalue weighted by atomic mass is 16.5. The summed E-state index contributed by atoms with van der Waals surface area (Å²) in [4.78, 5) is 24.8. The van der Waals surface area contributed by atoms with Gasteiger partial charge in [-0.05, 0) is 32.6 Å². The molecule has 2 fully saturated rings. The van der Waals surface area contributed by atoms with Gasteiger partial charge in [0.2, 0.25) is 0 Å². The Morgan fingerprint density at radius 1 is 1.42 bits per heavy atom. The molecule has 2 aliphatic rings. The van der Waals surface area contributed by atoms with Crippen LogP contribution in [0.1, 0.15) is 32.6 Å². The van der Waals surface area contributed by atoms with E-state index in [9.17, 15) is 9.59 Å². The van der Waals surface area contributed by atoms with Gasteiger partial charge in [0.1, 0.15) is 0 Å². The van der Waals surface area contributed by atoms with Gasteiger partial charge in [0.15, 0.2) is 0 Å². The summed E-state index contributed by atoms with van der Waals surface area (Å²) < 4.78 is 5.41. The van der Waals surface area contributed by atoms with Crippen molar-refractivity contribution in [3.63, 3.8) is 0 Å². The zero-order valence-electron chi connectivity index (χ0n) is 11.4. The summed E-state index contributed by atoms with van der Waals surface area (Å²) in [5.74, 6) is -1.25. The summed E-state index contributed by atoms with van der Waals surface area (Å²) in [5, 5.41) is 12.0. The number of carbonyl (C=O) groups is 2. The Morgan fingerprint density at radius 2 is 2.21 bits per heavy atom. The van der Waals surface area contributed by atoms with Crippen molar-refractivity contribution in [3.8, 4) is 0 Å². The maximum absolute atomic E-state index is 12.2. The topological polar surface area (TPSA) is 78.9 Å². The molecular formula is C13H22N2O4. The standard InChI is InChI=1S/C13H22N2O4/c1-13(5-3-7-19-9-13)14-12(18)15-6-2-4-10(8-15)11(16)17/h10H,2-9H2,1H3,(H,14,18)(H,16,17)/t10-,13?/m1/s1. The number of nitrogens with zero attached hydrogens (tertiary/aromatic N) is 1. The maximum Gasteiger partial charge on any atom is 0.317 e. The smallest absolute Gasteiger partial charge is 0.317 e. The highest BCUT2D eigenvalue weighted by Crippen LogP contribution is 2.21. The van der Waals surface area contributed by atoms with Gasteiger partial charge in [-0.15, -0.1) is 0 Å². The predicted molar refractivity (Wildman–Crippen MR) is 68.9 cm³/mol. The van der Waals surface area contributed by atoms with Crippen LogP contribution < -0.4 is 5.32 Å². The van der Waals surface area contributed by atoms with Crippen molar-refractivity contribution in [1.82, 2.24) is 10.2 Å². The summed E-state index contributed by atoms with van der Waals surface area (Å²) >= 11 is 0. The van der Waals surface area contributed by atoms with Gasteiger partial charge in [-0.3, -0.25) is 4.79 Å². The molecule has 0 spiro atoms. The molecular weight excluding hydrogens is 248 g/mol. The number of carbonyl (C=O) groups excluding carboxylic acids is 1. The van der Waals surface area contributed by atoms with Crippen LogP contribution in [0.3, 0.4) is 0 Å². The molecule has 1 unspecified atom stereocenters. The van der Waals surface area contributed by atoms with Gasteiger partial charge in [-0.2, -0.15) is 0 Å². The molecule has 0 aliphatic carbocycles. The minimum atomic E-state index is -0.815. The Balaban J connectivity index is 1.90. The first-order valence-corrected chi connectivity index (χ1v) is 6.88. The number of carboxylic acid groups (broad SMARTS) is 1. The van der Waals surface area contributed by atoms with E-state index in [0.717, 1.165) is 25.9 Å². The second-order valence-corrected chi connectivity index (χ2v) is 5.77. The van der Waals surface area contributed by atoms with Gasteiger partial charge in [0.05, 0.1) is 18.1 Å². The van der Waals surface area contributed by atoms with E-state index in [0.29, 0.717) is 26.1 Å². The van der Waals surface area contributed by atoms with Crippen LogP contribution in [0.25, 0.3) is 0 Å². The number of carboxylic acids is 1.